The first-order valence-electron chi connectivity index (χ1n) is 8.79. The van der Waals surface area contributed by atoms with E-state index in [0.29, 0.717) is 25.0 Å². The van der Waals surface area contributed by atoms with Crippen LogP contribution in [0.15, 0.2) is 0 Å². The first kappa shape index (κ1) is 17.5. The molecule has 0 spiro atoms. The molecule has 2 rings (SSSR count). The number of aliphatic hydroxyl groups is 2. The Balaban J connectivity index is 1.46. The number of carbonyl (C=O) groups is 1. The standard InChI is InChI=1S/C17H30O5/c18-15-5-1-13(2-6-15)9-11-21-17(20)22-12-10-14-3-7-16(19)8-4-14/h13-16,18-19H,1-12H2. The first-order chi connectivity index (χ1) is 10.6. The minimum Gasteiger partial charge on any atom is -0.434 e. The molecule has 0 aromatic rings. The second-order valence-corrected chi connectivity index (χ2v) is 6.87. The highest BCUT2D eigenvalue weighted by Crippen LogP contribution is 2.27. The van der Waals surface area contributed by atoms with E-state index in [1.807, 2.05) is 0 Å². The lowest BCUT2D eigenvalue weighted by atomic mass is 9.86. The highest BCUT2D eigenvalue weighted by atomic mass is 16.7. The molecule has 0 aliphatic heterocycles. The molecule has 128 valence electrons. The van der Waals surface area contributed by atoms with Crippen molar-refractivity contribution < 1.29 is 24.5 Å². The molecule has 5 heteroatoms. The van der Waals surface area contributed by atoms with Crippen molar-refractivity contribution in [2.75, 3.05) is 13.2 Å². The van der Waals surface area contributed by atoms with Crippen molar-refractivity contribution in [2.24, 2.45) is 11.8 Å². The maximum Gasteiger partial charge on any atom is 0.508 e. The van der Waals surface area contributed by atoms with Crippen molar-refractivity contribution in [3.63, 3.8) is 0 Å². The van der Waals surface area contributed by atoms with Crippen LogP contribution in [0, 0.1) is 11.8 Å². The van der Waals surface area contributed by atoms with Crippen LogP contribution < -0.4 is 0 Å². The number of aliphatic hydroxyl groups excluding tert-OH is 2. The summed E-state index contributed by atoms with van der Waals surface area (Å²) in [5.74, 6) is 1.12. The first-order valence-corrected chi connectivity index (χ1v) is 8.79. The second-order valence-electron chi connectivity index (χ2n) is 6.87. The SMILES string of the molecule is O=C(OCCC1CCC(O)CC1)OCCC1CCC(O)CC1. The van der Waals surface area contributed by atoms with Crippen LogP contribution in [0.25, 0.3) is 0 Å². The van der Waals surface area contributed by atoms with Crippen molar-refractivity contribution in [1.29, 1.82) is 0 Å². The number of ether oxygens (including phenoxy) is 2. The summed E-state index contributed by atoms with van der Waals surface area (Å²) in [6, 6.07) is 0. The van der Waals surface area contributed by atoms with Crippen LogP contribution >= 0.6 is 0 Å². The maximum absolute atomic E-state index is 11.5. The Bertz CT molecular complexity index is 287. The van der Waals surface area contributed by atoms with Crippen molar-refractivity contribution >= 4 is 6.16 Å². The van der Waals surface area contributed by atoms with E-state index in [2.05, 4.69) is 0 Å². The third-order valence-electron chi connectivity index (χ3n) is 5.12. The van der Waals surface area contributed by atoms with Gasteiger partial charge in [-0.25, -0.2) is 4.79 Å². The van der Waals surface area contributed by atoms with E-state index in [1.165, 1.54) is 0 Å². The third-order valence-corrected chi connectivity index (χ3v) is 5.12. The van der Waals surface area contributed by atoms with Crippen LogP contribution in [0.1, 0.15) is 64.2 Å². The zero-order valence-electron chi connectivity index (χ0n) is 13.4. The largest absolute Gasteiger partial charge is 0.508 e. The van der Waals surface area contributed by atoms with E-state index in [9.17, 15) is 15.0 Å². The van der Waals surface area contributed by atoms with Gasteiger partial charge in [-0.3, -0.25) is 0 Å². The predicted molar refractivity (Wildman–Crippen MR) is 82.5 cm³/mol. The Morgan fingerprint density at radius 1 is 0.727 bits per heavy atom. The van der Waals surface area contributed by atoms with E-state index in [0.717, 1.165) is 64.2 Å². The Hall–Kier alpha value is -0.810. The summed E-state index contributed by atoms with van der Waals surface area (Å²) in [5, 5.41) is 18.9. The van der Waals surface area contributed by atoms with Crippen molar-refractivity contribution in [3.05, 3.63) is 0 Å². The Morgan fingerprint density at radius 3 is 1.45 bits per heavy atom. The van der Waals surface area contributed by atoms with Crippen LogP contribution in [-0.4, -0.2) is 41.8 Å². The summed E-state index contributed by atoms with van der Waals surface area (Å²) in [5.41, 5.74) is 0. The van der Waals surface area contributed by atoms with Crippen LogP contribution in [0.5, 0.6) is 0 Å². The normalized spacial score (nSPS) is 32.5. The molecular formula is C17H30O5. The summed E-state index contributed by atoms with van der Waals surface area (Å²) in [7, 11) is 0. The van der Waals surface area contributed by atoms with Gasteiger partial charge in [0.15, 0.2) is 0 Å². The lowest BCUT2D eigenvalue weighted by Crippen LogP contribution is -2.21. The molecule has 0 unspecified atom stereocenters. The topological polar surface area (TPSA) is 76.0 Å². The lowest BCUT2D eigenvalue weighted by Gasteiger charge is -2.25. The molecule has 2 saturated carbocycles. The van der Waals surface area contributed by atoms with Gasteiger partial charge in [-0.1, -0.05) is 0 Å². The van der Waals surface area contributed by atoms with E-state index in [-0.39, 0.29) is 12.2 Å². The lowest BCUT2D eigenvalue weighted by molar-refractivity contribution is 0.0384. The van der Waals surface area contributed by atoms with Crippen molar-refractivity contribution in [2.45, 2.75) is 76.4 Å². The minimum atomic E-state index is -0.563. The van der Waals surface area contributed by atoms with Gasteiger partial charge in [-0.15, -0.1) is 0 Å². The highest BCUT2D eigenvalue weighted by Gasteiger charge is 2.21. The molecule has 22 heavy (non-hydrogen) atoms. The van der Waals surface area contributed by atoms with Crippen LogP contribution in [0.3, 0.4) is 0 Å². The van der Waals surface area contributed by atoms with Gasteiger partial charge in [-0.05, 0) is 76.0 Å². The second kappa shape index (κ2) is 9.36. The molecular weight excluding hydrogens is 284 g/mol. The minimum absolute atomic E-state index is 0.136. The maximum atomic E-state index is 11.5. The summed E-state index contributed by atoms with van der Waals surface area (Å²) in [4.78, 5) is 11.5. The van der Waals surface area contributed by atoms with Gasteiger partial charge < -0.3 is 19.7 Å². The van der Waals surface area contributed by atoms with Crippen LogP contribution in [0.2, 0.25) is 0 Å². The Labute approximate surface area is 133 Å². The van der Waals surface area contributed by atoms with E-state index < -0.39 is 6.16 Å². The molecule has 0 heterocycles. The number of hydrogen-bond donors (Lipinski definition) is 2. The number of hydrogen-bond acceptors (Lipinski definition) is 5. The smallest absolute Gasteiger partial charge is 0.434 e. The summed E-state index contributed by atoms with van der Waals surface area (Å²) in [6.07, 6.45) is 8.44. The molecule has 5 nitrogen and oxygen atoms in total. The fourth-order valence-electron chi connectivity index (χ4n) is 3.53. The highest BCUT2D eigenvalue weighted by molar-refractivity contribution is 5.59. The molecule has 0 radical (unpaired) electrons. The quantitative estimate of drug-likeness (QED) is 0.737. The van der Waals surface area contributed by atoms with Crippen LogP contribution in [-0.2, 0) is 9.47 Å². The average Bonchev–Trinajstić information content (AvgIpc) is 2.51. The third kappa shape index (κ3) is 6.53. The number of rotatable bonds is 6. The molecule has 2 fully saturated rings. The van der Waals surface area contributed by atoms with Gasteiger partial charge in [0.05, 0.1) is 25.4 Å². The van der Waals surface area contributed by atoms with Gasteiger partial charge in [-0.2, -0.15) is 0 Å². The Morgan fingerprint density at radius 2 is 1.09 bits per heavy atom. The van der Waals surface area contributed by atoms with E-state index >= 15 is 0 Å². The number of carbonyl (C=O) groups excluding carboxylic acids is 1. The average molecular weight is 314 g/mol. The van der Waals surface area contributed by atoms with Crippen LogP contribution in [0.4, 0.5) is 4.79 Å². The van der Waals surface area contributed by atoms with Crippen molar-refractivity contribution in [3.8, 4) is 0 Å². The van der Waals surface area contributed by atoms with Gasteiger partial charge in [0.25, 0.3) is 0 Å². The van der Waals surface area contributed by atoms with E-state index in [1.54, 1.807) is 0 Å². The van der Waals surface area contributed by atoms with Crippen molar-refractivity contribution in [1.82, 2.24) is 0 Å². The molecule has 2 N–H and O–H groups in total. The molecule has 2 aliphatic rings. The predicted octanol–water partition coefficient (Wildman–Crippen LogP) is 3.02. The van der Waals surface area contributed by atoms with E-state index in [4.69, 9.17) is 9.47 Å². The summed E-state index contributed by atoms with van der Waals surface area (Å²) < 4.78 is 10.2. The molecule has 0 saturated heterocycles. The molecule has 0 amide bonds. The molecule has 0 bridgehead atoms. The van der Waals surface area contributed by atoms with Gasteiger partial charge in [0.2, 0.25) is 0 Å². The molecule has 0 atom stereocenters. The van der Waals surface area contributed by atoms with Gasteiger partial charge >= 0.3 is 6.16 Å². The fraction of sp³-hybridized carbons (Fsp3) is 0.941. The Kier molecular flexibility index (Phi) is 7.46. The zero-order valence-corrected chi connectivity index (χ0v) is 13.4. The van der Waals surface area contributed by atoms with Gasteiger partial charge in [0, 0.05) is 0 Å². The zero-order chi connectivity index (χ0) is 15.8. The van der Waals surface area contributed by atoms with Gasteiger partial charge in [0.1, 0.15) is 0 Å². The summed E-state index contributed by atoms with van der Waals surface area (Å²) >= 11 is 0. The molecule has 0 aromatic carbocycles. The fourth-order valence-corrected chi connectivity index (χ4v) is 3.53. The molecule has 0 aromatic heterocycles. The molecule has 2 aliphatic carbocycles. The summed E-state index contributed by atoms with van der Waals surface area (Å²) in [6.45, 7) is 0.824. The monoisotopic (exact) mass is 314 g/mol.